The standard InChI is InChI=1S/C24H26N2O3S/c1-19-7-6-10-24(20(19)2)25-15-17-26(18-16-25)30(27,28)23-13-11-22(12-14-23)29-21-8-4-3-5-9-21/h3-14H,15-18H2,1-2H3. The summed E-state index contributed by atoms with van der Waals surface area (Å²) in [6, 6.07) is 22.3. The van der Waals surface area contributed by atoms with Gasteiger partial charge in [0.2, 0.25) is 10.0 Å². The zero-order chi connectivity index (χ0) is 21.1. The van der Waals surface area contributed by atoms with Crippen molar-refractivity contribution in [3.63, 3.8) is 0 Å². The molecule has 0 saturated carbocycles. The lowest BCUT2D eigenvalue weighted by Gasteiger charge is -2.36. The highest BCUT2D eigenvalue weighted by molar-refractivity contribution is 7.89. The molecule has 1 fully saturated rings. The molecule has 0 atom stereocenters. The van der Waals surface area contributed by atoms with E-state index in [1.807, 2.05) is 30.3 Å². The Kier molecular flexibility index (Phi) is 5.79. The van der Waals surface area contributed by atoms with E-state index in [4.69, 9.17) is 4.74 Å². The van der Waals surface area contributed by atoms with Crippen molar-refractivity contribution < 1.29 is 13.2 Å². The monoisotopic (exact) mass is 422 g/mol. The van der Waals surface area contributed by atoms with Gasteiger partial charge in [-0.1, -0.05) is 30.3 Å². The largest absolute Gasteiger partial charge is 0.457 e. The molecule has 6 heteroatoms. The van der Waals surface area contributed by atoms with Crippen LogP contribution in [0, 0.1) is 13.8 Å². The fraction of sp³-hybridized carbons (Fsp3) is 0.250. The average molecular weight is 423 g/mol. The number of piperazine rings is 1. The van der Waals surface area contributed by atoms with E-state index in [0.29, 0.717) is 36.8 Å². The van der Waals surface area contributed by atoms with Crippen molar-refractivity contribution in [3.05, 3.63) is 83.9 Å². The number of ether oxygens (including phenoxy) is 1. The van der Waals surface area contributed by atoms with Gasteiger partial charge in [-0.2, -0.15) is 4.31 Å². The molecule has 0 aliphatic carbocycles. The van der Waals surface area contributed by atoms with E-state index in [-0.39, 0.29) is 0 Å². The van der Waals surface area contributed by atoms with Crippen molar-refractivity contribution in [1.29, 1.82) is 0 Å². The highest BCUT2D eigenvalue weighted by Crippen LogP contribution is 2.27. The molecule has 0 unspecified atom stereocenters. The number of hydrogen-bond acceptors (Lipinski definition) is 4. The predicted octanol–water partition coefficient (Wildman–Crippen LogP) is 4.61. The number of sulfonamides is 1. The van der Waals surface area contributed by atoms with Crippen LogP contribution in [0.15, 0.2) is 77.7 Å². The molecule has 30 heavy (non-hydrogen) atoms. The first-order valence-corrected chi connectivity index (χ1v) is 11.5. The molecule has 1 aliphatic heterocycles. The molecule has 5 nitrogen and oxygen atoms in total. The minimum absolute atomic E-state index is 0.295. The quantitative estimate of drug-likeness (QED) is 0.603. The third-order valence-electron chi connectivity index (χ3n) is 5.60. The summed E-state index contributed by atoms with van der Waals surface area (Å²) in [7, 11) is -3.52. The predicted molar refractivity (Wildman–Crippen MR) is 120 cm³/mol. The maximum absolute atomic E-state index is 13.1. The number of hydrogen-bond donors (Lipinski definition) is 0. The Labute approximate surface area is 178 Å². The Morgan fingerprint density at radius 2 is 1.37 bits per heavy atom. The molecule has 1 saturated heterocycles. The van der Waals surface area contributed by atoms with Crippen LogP contribution in [0.4, 0.5) is 5.69 Å². The SMILES string of the molecule is Cc1cccc(N2CCN(S(=O)(=O)c3ccc(Oc4ccccc4)cc3)CC2)c1C. The van der Waals surface area contributed by atoms with Crippen LogP contribution in [0.25, 0.3) is 0 Å². The number of aryl methyl sites for hydroxylation is 1. The van der Waals surface area contributed by atoms with Crippen molar-refractivity contribution in [2.45, 2.75) is 18.7 Å². The second-order valence-corrected chi connectivity index (χ2v) is 9.43. The van der Waals surface area contributed by atoms with Crippen LogP contribution in [-0.2, 0) is 10.0 Å². The van der Waals surface area contributed by atoms with E-state index in [0.717, 1.165) is 5.75 Å². The van der Waals surface area contributed by atoms with Crippen LogP contribution in [0.1, 0.15) is 11.1 Å². The van der Waals surface area contributed by atoms with Crippen molar-refractivity contribution in [2.24, 2.45) is 0 Å². The summed E-state index contributed by atoms with van der Waals surface area (Å²) >= 11 is 0. The molecule has 0 amide bonds. The third-order valence-corrected chi connectivity index (χ3v) is 7.51. The van der Waals surface area contributed by atoms with E-state index >= 15 is 0 Å². The van der Waals surface area contributed by atoms with Gasteiger partial charge in [0.25, 0.3) is 0 Å². The highest BCUT2D eigenvalue weighted by Gasteiger charge is 2.29. The number of rotatable bonds is 5. The number of para-hydroxylation sites is 1. The molecule has 0 bridgehead atoms. The maximum Gasteiger partial charge on any atom is 0.243 e. The Morgan fingerprint density at radius 3 is 2.03 bits per heavy atom. The Balaban J connectivity index is 1.43. The van der Waals surface area contributed by atoms with E-state index < -0.39 is 10.0 Å². The molecule has 0 aromatic heterocycles. The van der Waals surface area contributed by atoms with Crippen molar-refractivity contribution in [3.8, 4) is 11.5 Å². The first kappa shape index (κ1) is 20.4. The van der Waals surface area contributed by atoms with E-state index in [9.17, 15) is 8.42 Å². The van der Waals surface area contributed by atoms with E-state index in [1.54, 1.807) is 28.6 Å². The normalized spacial score (nSPS) is 15.2. The molecule has 0 radical (unpaired) electrons. The summed E-state index contributed by atoms with van der Waals surface area (Å²) in [6.07, 6.45) is 0. The molecule has 0 spiro atoms. The summed E-state index contributed by atoms with van der Waals surface area (Å²) in [5.74, 6) is 1.33. The smallest absolute Gasteiger partial charge is 0.243 e. The maximum atomic E-state index is 13.1. The topological polar surface area (TPSA) is 49.9 Å². The molecule has 4 rings (SSSR count). The molecule has 156 valence electrons. The lowest BCUT2D eigenvalue weighted by atomic mass is 10.1. The van der Waals surface area contributed by atoms with Crippen LogP contribution < -0.4 is 9.64 Å². The Morgan fingerprint density at radius 1 is 0.733 bits per heavy atom. The Bertz CT molecular complexity index is 1100. The van der Waals surface area contributed by atoms with Gasteiger partial charge in [-0.05, 0) is 67.4 Å². The van der Waals surface area contributed by atoms with Gasteiger partial charge in [-0.25, -0.2) is 8.42 Å². The van der Waals surface area contributed by atoms with Gasteiger partial charge >= 0.3 is 0 Å². The molecule has 0 N–H and O–H groups in total. The van der Waals surface area contributed by atoms with E-state index in [1.165, 1.54) is 16.8 Å². The highest BCUT2D eigenvalue weighted by atomic mass is 32.2. The molecule has 1 heterocycles. The van der Waals surface area contributed by atoms with Gasteiger partial charge in [-0.15, -0.1) is 0 Å². The fourth-order valence-corrected chi connectivity index (χ4v) is 5.12. The summed E-state index contributed by atoms with van der Waals surface area (Å²) < 4.78 is 33.5. The Hall–Kier alpha value is -2.83. The minimum Gasteiger partial charge on any atom is -0.457 e. The summed E-state index contributed by atoms with van der Waals surface area (Å²) in [6.45, 7) is 6.52. The first-order chi connectivity index (χ1) is 14.4. The van der Waals surface area contributed by atoms with Crippen LogP contribution in [0.3, 0.4) is 0 Å². The second kappa shape index (κ2) is 8.50. The minimum atomic E-state index is -3.52. The summed E-state index contributed by atoms with van der Waals surface area (Å²) in [4.78, 5) is 2.56. The van der Waals surface area contributed by atoms with Gasteiger partial charge in [0.15, 0.2) is 0 Å². The third kappa shape index (κ3) is 4.20. The number of nitrogens with zero attached hydrogens (tertiary/aromatic N) is 2. The zero-order valence-corrected chi connectivity index (χ0v) is 18.1. The van der Waals surface area contributed by atoms with Crippen LogP contribution in [0.5, 0.6) is 11.5 Å². The van der Waals surface area contributed by atoms with Crippen LogP contribution in [0.2, 0.25) is 0 Å². The van der Waals surface area contributed by atoms with Gasteiger partial charge in [0.1, 0.15) is 11.5 Å². The molecule has 3 aromatic rings. The van der Waals surface area contributed by atoms with Crippen molar-refractivity contribution >= 4 is 15.7 Å². The van der Waals surface area contributed by atoms with E-state index in [2.05, 4.69) is 36.9 Å². The van der Waals surface area contributed by atoms with Crippen LogP contribution >= 0.6 is 0 Å². The zero-order valence-electron chi connectivity index (χ0n) is 17.3. The lowest BCUT2D eigenvalue weighted by Crippen LogP contribution is -2.48. The molecule has 3 aromatic carbocycles. The lowest BCUT2D eigenvalue weighted by molar-refractivity contribution is 0.384. The second-order valence-electron chi connectivity index (χ2n) is 7.50. The molecule has 1 aliphatic rings. The first-order valence-electron chi connectivity index (χ1n) is 10.1. The summed E-state index contributed by atoms with van der Waals surface area (Å²) in [5.41, 5.74) is 3.69. The molecular weight excluding hydrogens is 396 g/mol. The molecular formula is C24H26N2O3S. The van der Waals surface area contributed by atoms with Gasteiger partial charge in [0, 0.05) is 31.9 Å². The van der Waals surface area contributed by atoms with Gasteiger partial charge < -0.3 is 9.64 Å². The van der Waals surface area contributed by atoms with Crippen molar-refractivity contribution in [1.82, 2.24) is 4.31 Å². The summed E-state index contributed by atoms with van der Waals surface area (Å²) in [5, 5.41) is 0. The number of benzene rings is 3. The van der Waals surface area contributed by atoms with Crippen LogP contribution in [-0.4, -0.2) is 38.9 Å². The average Bonchev–Trinajstić information content (AvgIpc) is 2.77. The fourth-order valence-electron chi connectivity index (χ4n) is 3.70. The van der Waals surface area contributed by atoms with Gasteiger partial charge in [-0.3, -0.25) is 0 Å². The van der Waals surface area contributed by atoms with Crippen molar-refractivity contribution in [2.75, 3.05) is 31.1 Å². The van der Waals surface area contributed by atoms with Gasteiger partial charge in [0.05, 0.1) is 4.90 Å². The number of anilines is 1.